The van der Waals surface area contributed by atoms with Crippen LogP contribution in [0.25, 0.3) is 0 Å². The van der Waals surface area contributed by atoms with Gasteiger partial charge in [-0.25, -0.2) is 8.42 Å². The van der Waals surface area contributed by atoms with Gasteiger partial charge in [-0.1, -0.05) is 0 Å². The molecular formula is C21H24N4O3S. The Hall–Kier alpha value is -2.89. The maximum atomic E-state index is 12.6. The molecule has 152 valence electrons. The highest BCUT2D eigenvalue weighted by atomic mass is 32.2. The molecule has 0 saturated carbocycles. The second-order valence-corrected chi connectivity index (χ2v) is 9.18. The molecule has 0 aliphatic carbocycles. The minimum Gasteiger partial charge on any atom is -0.372 e. The second-order valence-electron chi connectivity index (χ2n) is 7.14. The number of nitriles is 1. The van der Waals surface area contributed by atoms with E-state index in [9.17, 15) is 13.2 Å². The zero-order valence-corrected chi connectivity index (χ0v) is 17.4. The van der Waals surface area contributed by atoms with E-state index in [1.54, 1.807) is 0 Å². The summed E-state index contributed by atoms with van der Waals surface area (Å²) in [6, 6.07) is 13.4. The topological polar surface area (TPSA) is 93.5 Å². The molecule has 1 N–H and O–H groups in total. The normalized spacial score (nSPS) is 14.1. The average molecular weight is 413 g/mol. The van der Waals surface area contributed by atoms with Gasteiger partial charge in [-0.3, -0.25) is 4.79 Å². The van der Waals surface area contributed by atoms with Gasteiger partial charge in [-0.2, -0.15) is 9.57 Å². The third kappa shape index (κ3) is 4.75. The molecule has 0 spiro atoms. The SMILES string of the molecule is Cc1cc(N2CCCC2)ccc1NC(=O)CN(C)S(=O)(=O)c1ccc(C#N)cc1. The van der Waals surface area contributed by atoms with E-state index >= 15 is 0 Å². The van der Waals surface area contributed by atoms with Crippen molar-refractivity contribution in [2.75, 3.05) is 36.9 Å². The van der Waals surface area contributed by atoms with E-state index in [2.05, 4.69) is 10.2 Å². The Kier molecular flexibility index (Phi) is 6.20. The number of nitrogens with zero attached hydrogens (tertiary/aromatic N) is 3. The third-order valence-corrected chi connectivity index (χ3v) is 6.83. The molecule has 0 bridgehead atoms. The van der Waals surface area contributed by atoms with Crippen LogP contribution < -0.4 is 10.2 Å². The van der Waals surface area contributed by atoms with Crippen molar-refractivity contribution in [1.82, 2.24) is 4.31 Å². The maximum absolute atomic E-state index is 12.6. The van der Waals surface area contributed by atoms with Crippen molar-refractivity contribution in [3.63, 3.8) is 0 Å². The molecular weight excluding hydrogens is 388 g/mol. The van der Waals surface area contributed by atoms with Crippen LogP contribution >= 0.6 is 0 Å². The number of carbonyl (C=O) groups is 1. The largest absolute Gasteiger partial charge is 0.372 e. The van der Waals surface area contributed by atoms with Crippen molar-refractivity contribution in [3.8, 4) is 6.07 Å². The van der Waals surface area contributed by atoms with Crippen LogP contribution in [0.4, 0.5) is 11.4 Å². The predicted octanol–water partition coefficient (Wildman–Crippen LogP) is 2.73. The summed E-state index contributed by atoms with van der Waals surface area (Å²) in [6.07, 6.45) is 2.38. The fourth-order valence-electron chi connectivity index (χ4n) is 3.32. The first kappa shape index (κ1) is 20.8. The molecule has 1 aliphatic heterocycles. The molecule has 1 fully saturated rings. The lowest BCUT2D eigenvalue weighted by Crippen LogP contribution is -2.35. The molecule has 0 atom stereocenters. The Morgan fingerprint density at radius 2 is 1.83 bits per heavy atom. The van der Waals surface area contributed by atoms with E-state index in [4.69, 9.17) is 5.26 Å². The van der Waals surface area contributed by atoms with Gasteiger partial charge in [-0.15, -0.1) is 0 Å². The molecule has 29 heavy (non-hydrogen) atoms. The van der Waals surface area contributed by atoms with Crippen molar-refractivity contribution in [2.45, 2.75) is 24.7 Å². The fraction of sp³-hybridized carbons (Fsp3) is 0.333. The molecule has 7 nitrogen and oxygen atoms in total. The predicted molar refractivity (Wildman–Crippen MR) is 112 cm³/mol. The number of rotatable bonds is 6. The van der Waals surface area contributed by atoms with Crippen molar-refractivity contribution in [2.24, 2.45) is 0 Å². The van der Waals surface area contributed by atoms with E-state index in [0.29, 0.717) is 11.3 Å². The number of hydrogen-bond acceptors (Lipinski definition) is 5. The highest BCUT2D eigenvalue weighted by Gasteiger charge is 2.23. The summed E-state index contributed by atoms with van der Waals surface area (Å²) in [5, 5.41) is 11.6. The Morgan fingerprint density at radius 1 is 1.17 bits per heavy atom. The number of sulfonamides is 1. The molecule has 2 aromatic carbocycles. The molecule has 0 aromatic heterocycles. The lowest BCUT2D eigenvalue weighted by atomic mass is 10.1. The first-order chi connectivity index (χ1) is 13.8. The number of hydrogen-bond donors (Lipinski definition) is 1. The van der Waals surface area contributed by atoms with Gasteiger partial charge in [0.2, 0.25) is 15.9 Å². The van der Waals surface area contributed by atoms with Crippen LogP contribution in [0.5, 0.6) is 0 Å². The molecule has 1 aliphatic rings. The van der Waals surface area contributed by atoms with Crippen molar-refractivity contribution in [1.29, 1.82) is 5.26 Å². The Balaban J connectivity index is 1.65. The number of nitrogens with one attached hydrogen (secondary N) is 1. The van der Waals surface area contributed by atoms with Gasteiger partial charge in [0.1, 0.15) is 0 Å². The van der Waals surface area contributed by atoms with Crippen LogP contribution in [-0.4, -0.2) is 45.3 Å². The maximum Gasteiger partial charge on any atom is 0.243 e. The number of benzene rings is 2. The molecule has 3 rings (SSSR count). The van der Waals surface area contributed by atoms with Crippen LogP contribution in [0, 0.1) is 18.3 Å². The van der Waals surface area contributed by atoms with Crippen LogP contribution in [0.1, 0.15) is 24.0 Å². The van der Waals surface area contributed by atoms with Gasteiger partial charge >= 0.3 is 0 Å². The van der Waals surface area contributed by atoms with Gasteiger partial charge in [0.15, 0.2) is 0 Å². The average Bonchev–Trinajstić information content (AvgIpc) is 3.24. The van der Waals surface area contributed by atoms with Crippen LogP contribution in [-0.2, 0) is 14.8 Å². The van der Waals surface area contributed by atoms with Crippen molar-refractivity contribution >= 4 is 27.3 Å². The van der Waals surface area contributed by atoms with Crippen LogP contribution in [0.2, 0.25) is 0 Å². The van der Waals surface area contributed by atoms with E-state index in [0.717, 1.165) is 28.6 Å². The highest BCUT2D eigenvalue weighted by molar-refractivity contribution is 7.89. The first-order valence-electron chi connectivity index (χ1n) is 9.43. The summed E-state index contributed by atoms with van der Waals surface area (Å²) in [7, 11) is -2.47. The zero-order valence-electron chi connectivity index (χ0n) is 16.6. The summed E-state index contributed by atoms with van der Waals surface area (Å²) in [5.74, 6) is -0.415. The third-order valence-electron chi connectivity index (χ3n) is 5.01. The van der Waals surface area contributed by atoms with Gasteiger partial charge in [0.25, 0.3) is 0 Å². The van der Waals surface area contributed by atoms with Gasteiger partial charge in [-0.05, 0) is 67.8 Å². The van der Waals surface area contributed by atoms with E-state index in [-0.39, 0.29) is 11.4 Å². The number of likely N-dealkylation sites (N-methyl/N-ethyl adjacent to an activating group) is 1. The summed E-state index contributed by atoms with van der Waals surface area (Å²) >= 11 is 0. The first-order valence-corrected chi connectivity index (χ1v) is 10.9. The number of amides is 1. The summed E-state index contributed by atoms with van der Waals surface area (Å²) in [6.45, 7) is 3.70. The molecule has 0 radical (unpaired) electrons. The minimum absolute atomic E-state index is 0.0398. The molecule has 2 aromatic rings. The number of anilines is 2. The molecule has 0 unspecified atom stereocenters. The van der Waals surface area contributed by atoms with Gasteiger partial charge < -0.3 is 10.2 Å². The summed E-state index contributed by atoms with van der Waals surface area (Å²) in [4.78, 5) is 14.8. The quantitative estimate of drug-likeness (QED) is 0.787. The van der Waals surface area contributed by atoms with Crippen molar-refractivity contribution in [3.05, 3.63) is 53.6 Å². The lowest BCUT2D eigenvalue weighted by Gasteiger charge is -2.20. The fourth-order valence-corrected chi connectivity index (χ4v) is 4.45. The standard InChI is InChI=1S/C21H24N4O3S/c1-16-13-18(25-11-3-4-12-25)7-10-20(16)23-21(26)15-24(2)29(27,28)19-8-5-17(14-22)6-9-19/h5-10,13H,3-4,11-12,15H2,1-2H3,(H,23,26). The van der Waals surface area contributed by atoms with Crippen LogP contribution in [0.15, 0.2) is 47.4 Å². The summed E-state index contributed by atoms with van der Waals surface area (Å²) in [5.41, 5.74) is 3.11. The second kappa shape index (κ2) is 8.64. The Bertz CT molecular complexity index is 1040. The number of carbonyl (C=O) groups excluding carboxylic acids is 1. The van der Waals surface area contributed by atoms with E-state index in [1.165, 1.54) is 44.2 Å². The summed E-state index contributed by atoms with van der Waals surface area (Å²) < 4.78 is 26.3. The Labute approximate surface area is 171 Å². The smallest absolute Gasteiger partial charge is 0.243 e. The van der Waals surface area contributed by atoms with Gasteiger partial charge in [0.05, 0.1) is 23.1 Å². The minimum atomic E-state index is -3.82. The number of aryl methyl sites for hydroxylation is 1. The molecule has 8 heteroatoms. The monoisotopic (exact) mass is 412 g/mol. The lowest BCUT2D eigenvalue weighted by molar-refractivity contribution is -0.116. The van der Waals surface area contributed by atoms with E-state index in [1.807, 2.05) is 31.2 Å². The van der Waals surface area contributed by atoms with Crippen molar-refractivity contribution < 1.29 is 13.2 Å². The van der Waals surface area contributed by atoms with Crippen LogP contribution in [0.3, 0.4) is 0 Å². The molecule has 1 heterocycles. The molecule has 1 saturated heterocycles. The van der Waals surface area contributed by atoms with Gasteiger partial charge in [0, 0.05) is 31.5 Å². The zero-order chi connectivity index (χ0) is 21.0. The Morgan fingerprint density at radius 3 is 2.41 bits per heavy atom. The molecule has 1 amide bonds. The highest BCUT2D eigenvalue weighted by Crippen LogP contribution is 2.25. The van der Waals surface area contributed by atoms with E-state index < -0.39 is 15.9 Å².